The Labute approximate surface area is 320 Å². The fourth-order valence-corrected chi connectivity index (χ4v) is 5.81. The Kier molecular flexibility index (Phi) is 37.5. The molecule has 0 rings (SSSR count). The molecular formula is C45H80N2O5. The molecule has 0 aromatic heterocycles. The standard InChI is InChI=1S/C45H80N2O5/c1-5-7-9-11-13-15-17-19-21-23-25-27-29-31-33-35-37-51-44(49)39-42(46-43(48)41-47(3)4)40-45(50)52-38-36-34-32-30-28-26-24-22-20-18-16-14-12-10-8-6-2/h13-16,19-22,42H,5-12,17-18,23-41H2,1-4H3,(H,46,48)/b15-13-,16-14-,21-19-,22-20-. The van der Waals surface area contributed by atoms with Crippen molar-refractivity contribution in [1.82, 2.24) is 10.2 Å². The van der Waals surface area contributed by atoms with Crippen LogP contribution < -0.4 is 5.32 Å². The molecule has 0 saturated carbocycles. The van der Waals surface area contributed by atoms with Crippen LogP contribution in [-0.4, -0.2) is 62.6 Å². The molecule has 0 spiro atoms. The number of nitrogens with zero attached hydrogens (tertiary/aromatic N) is 1. The van der Waals surface area contributed by atoms with Crippen LogP contribution in [0.3, 0.4) is 0 Å². The van der Waals surface area contributed by atoms with Crippen LogP contribution in [-0.2, 0) is 23.9 Å². The average Bonchev–Trinajstić information content (AvgIpc) is 3.10. The van der Waals surface area contributed by atoms with Crippen molar-refractivity contribution in [2.24, 2.45) is 0 Å². The van der Waals surface area contributed by atoms with Crippen LogP contribution in [0.15, 0.2) is 48.6 Å². The Hall–Kier alpha value is -2.67. The molecule has 0 heterocycles. The SMILES string of the molecule is CCCCC/C=C\C/C=C\CCCCCCCCOC(=O)CC(CC(=O)OCCCCCCCC/C=C\C/C=C\CCCCC)NC(=O)CN(C)C. The summed E-state index contributed by atoms with van der Waals surface area (Å²) in [7, 11) is 3.60. The summed E-state index contributed by atoms with van der Waals surface area (Å²) in [5, 5.41) is 2.83. The van der Waals surface area contributed by atoms with Crippen molar-refractivity contribution in [1.29, 1.82) is 0 Å². The van der Waals surface area contributed by atoms with Crippen LogP contribution in [0.25, 0.3) is 0 Å². The number of ether oxygens (including phenoxy) is 2. The van der Waals surface area contributed by atoms with Crippen molar-refractivity contribution < 1.29 is 23.9 Å². The van der Waals surface area contributed by atoms with E-state index in [1.165, 1.54) is 89.9 Å². The van der Waals surface area contributed by atoms with Crippen LogP contribution in [0, 0.1) is 0 Å². The number of hydrogen-bond acceptors (Lipinski definition) is 6. The second-order valence-corrected chi connectivity index (χ2v) is 14.5. The number of esters is 2. The zero-order valence-corrected chi connectivity index (χ0v) is 34.2. The normalized spacial score (nSPS) is 12.0. The first-order valence-electron chi connectivity index (χ1n) is 21.2. The molecule has 0 aliphatic rings. The van der Waals surface area contributed by atoms with Gasteiger partial charge in [0.2, 0.25) is 5.91 Å². The highest BCUT2D eigenvalue weighted by atomic mass is 16.5. The zero-order chi connectivity index (χ0) is 38.2. The van der Waals surface area contributed by atoms with E-state index in [0.717, 1.165) is 64.2 Å². The first-order chi connectivity index (χ1) is 25.4. The lowest BCUT2D eigenvalue weighted by atomic mass is 10.1. The van der Waals surface area contributed by atoms with Gasteiger partial charge >= 0.3 is 11.9 Å². The number of carbonyl (C=O) groups excluding carboxylic acids is 3. The van der Waals surface area contributed by atoms with Gasteiger partial charge in [0.15, 0.2) is 0 Å². The average molecular weight is 729 g/mol. The Bertz CT molecular complexity index is 891. The summed E-state index contributed by atoms with van der Waals surface area (Å²) in [6.07, 6.45) is 45.9. The van der Waals surface area contributed by atoms with E-state index in [2.05, 4.69) is 67.8 Å². The number of hydrogen-bond donors (Lipinski definition) is 1. The maximum absolute atomic E-state index is 12.6. The summed E-state index contributed by atoms with van der Waals surface area (Å²) in [5.74, 6) is -1.02. The van der Waals surface area contributed by atoms with Crippen LogP contribution >= 0.6 is 0 Å². The van der Waals surface area contributed by atoms with Gasteiger partial charge in [-0.05, 0) is 91.1 Å². The molecule has 0 aromatic carbocycles. The third-order valence-corrected chi connectivity index (χ3v) is 8.87. The Balaban J connectivity index is 4.06. The molecular weight excluding hydrogens is 649 g/mol. The van der Waals surface area contributed by atoms with E-state index >= 15 is 0 Å². The Morgan fingerprint density at radius 2 is 0.846 bits per heavy atom. The molecule has 0 saturated heterocycles. The first kappa shape index (κ1) is 49.3. The molecule has 7 heteroatoms. The lowest BCUT2D eigenvalue weighted by molar-refractivity contribution is -0.146. The summed E-state index contributed by atoms with van der Waals surface area (Å²) in [4.78, 5) is 39.3. The number of likely N-dealkylation sites (N-methyl/N-ethyl adjacent to an activating group) is 1. The highest BCUT2D eigenvalue weighted by molar-refractivity contribution is 5.81. The summed E-state index contributed by atoms with van der Waals surface area (Å²) in [6, 6.07) is -0.640. The topological polar surface area (TPSA) is 84.9 Å². The third-order valence-electron chi connectivity index (χ3n) is 8.87. The fourth-order valence-electron chi connectivity index (χ4n) is 5.81. The fraction of sp³-hybridized carbons (Fsp3) is 0.756. The van der Waals surface area contributed by atoms with Crippen molar-refractivity contribution in [3.8, 4) is 0 Å². The van der Waals surface area contributed by atoms with Crippen LogP contribution in [0.1, 0.15) is 181 Å². The molecule has 0 aromatic rings. The lowest BCUT2D eigenvalue weighted by Crippen LogP contribution is -2.42. The summed E-state index contributed by atoms with van der Waals surface area (Å²) < 4.78 is 10.9. The van der Waals surface area contributed by atoms with Crippen molar-refractivity contribution in [2.75, 3.05) is 33.9 Å². The second kappa shape index (κ2) is 39.5. The predicted octanol–water partition coefficient (Wildman–Crippen LogP) is 11.5. The predicted molar refractivity (Wildman–Crippen MR) is 220 cm³/mol. The lowest BCUT2D eigenvalue weighted by Gasteiger charge is -2.19. The molecule has 0 bridgehead atoms. The number of nitrogens with one attached hydrogen (secondary N) is 1. The molecule has 1 N–H and O–H groups in total. The summed E-state index contributed by atoms with van der Waals surface area (Å²) in [5.41, 5.74) is 0. The van der Waals surface area contributed by atoms with Gasteiger partial charge < -0.3 is 19.7 Å². The largest absolute Gasteiger partial charge is 0.466 e. The highest BCUT2D eigenvalue weighted by Gasteiger charge is 2.22. The monoisotopic (exact) mass is 729 g/mol. The van der Waals surface area contributed by atoms with E-state index in [1.54, 1.807) is 19.0 Å². The van der Waals surface area contributed by atoms with Gasteiger partial charge in [0.05, 0.1) is 32.6 Å². The first-order valence-corrected chi connectivity index (χ1v) is 21.2. The van der Waals surface area contributed by atoms with Crippen LogP contribution in [0.5, 0.6) is 0 Å². The van der Waals surface area contributed by atoms with Gasteiger partial charge in [-0.25, -0.2) is 0 Å². The molecule has 52 heavy (non-hydrogen) atoms. The van der Waals surface area contributed by atoms with E-state index in [9.17, 15) is 14.4 Å². The molecule has 0 fully saturated rings. The second-order valence-electron chi connectivity index (χ2n) is 14.5. The van der Waals surface area contributed by atoms with Gasteiger partial charge in [-0.1, -0.05) is 140 Å². The smallest absolute Gasteiger partial charge is 0.307 e. The van der Waals surface area contributed by atoms with Gasteiger partial charge in [0, 0.05) is 6.04 Å². The van der Waals surface area contributed by atoms with E-state index in [1.807, 2.05) is 0 Å². The quantitative estimate of drug-likeness (QED) is 0.0389. The third kappa shape index (κ3) is 38.6. The van der Waals surface area contributed by atoms with Gasteiger partial charge in [-0.3, -0.25) is 14.4 Å². The van der Waals surface area contributed by atoms with Gasteiger partial charge in [-0.15, -0.1) is 0 Å². The molecule has 0 unspecified atom stereocenters. The van der Waals surface area contributed by atoms with E-state index in [4.69, 9.17) is 9.47 Å². The Morgan fingerprint density at radius 3 is 1.21 bits per heavy atom. The van der Waals surface area contributed by atoms with Gasteiger partial charge in [0.1, 0.15) is 0 Å². The number of amides is 1. The molecule has 0 radical (unpaired) electrons. The van der Waals surface area contributed by atoms with Gasteiger partial charge in [-0.2, -0.15) is 0 Å². The molecule has 1 amide bonds. The maximum Gasteiger partial charge on any atom is 0.307 e. The van der Waals surface area contributed by atoms with E-state index in [0.29, 0.717) is 13.2 Å². The number of allylic oxidation sites excluding steroid dienone is 8. The van der Waals surface area contributed by atoms with Crippen LogP contribution in [0.4, 0.5) is 0 Å². The minimum atomic E-state index is -0.640. The molecule has 0 atom stereocenters. The highest BCUT2D eigenvalue weighted by Crippen LogP contribution is 2.11. The maximum atomic E-state index is 12.6. The molecule has 0 aliphatic carbocycles. The molecule has 7 nitrogen and oxygen atoms in total. The number of carbonyl (C=O) groups is 3. The van der Waals surface area contributed by atoms with E-state index in [-0.39, 0.29) is 25.3 Å². The molecule has 0 aliphatic heterocycles. The molecule has 300 valence electrons. The van der Waals surface area contributed by atoms with Crippen molar-refractivity contribution >= 4 is 17.8 Å². The zero-order valence-electron chi connectivity index (χ0n) is 34.2. The summed E-state index contributed by atoms with van der Waals surface area (Å²) in [6.45, 7) is 5.39. The van der Waals surface area contributed by atoms with E-state index < -0.39 is 18.0 Å². The van der Waals surface area contributed by atoms with Crippen molar-refractivity contribution in [3.05, 3.63) is 48.6 Å². The summed E-state index contributed by atoms with van der Waals surface area (Å²) >= 11 is 0. The van der Waals surface area contributed by atoms with Crippen molar-refractivity contribution in [3.63, 3.8) is 0 Å². The number of unbranched alkanes of at least 4 members (excludes halogenated alkanes) is 18. The minimum absolute atomic E-state index is 0.0403. The number of rotatable bonds is 37. The van der Waals surface area contributed by atoms with Crippen LogP contribution in [0.2, 0.25) is 0 Å². The minimum Gasteiger partial charge on any atom is -0.466 e. The Morgan fingerprint density at radius 1 is 0.500 bits per heavy atom. The van der Waals surface area contributed by atoms with Gasteiger partial charge in [0.25, 0.3) is 0 Å². The van der Waals surface area contributed by atoms with Crippen molar-refractivity contribution in [2.45, 2.75) is 187 Å².